The van der Waals surface area contributed by atoms with Crippen molar-refractivity contribution in [2.24, 2.45) is 11.1 Å². The van der Waals surface area contributed by atoms with Crippen LogP contribution in [0.2, 0.25) is 0 Å². The zero-order valence-corrected chi connectivity index (χ0v) is 16.3. The molecule has 0 aromatic heterocycles. The molecule has 5 N–H and O–H groups in total. The number of halogens is 1. The first kappa shape index (κ1) is 23.1. The van der Waals surface area contributed by atoms with Crippen LogP contribution in [-0.4, -0.2) is 45.4 Å². The first-order valence-corrected chi connectivity index (χ1v) is 9.84. The minimum absolute atomic E-state index is 0. The highest BCUT2D eigenvalue weighted by atomic mass is 35.5. The lowest BCUT2D eigenvalue weighted by Gasteiger charge is -2.10. The monoisotopic (exact) mass is 421 g/mol. The van der Waals surface area contributed by atoms with Gasteiger partial charge in [-0.15, -0.1) is 12.4 Å². The van der Waals surface area contributed by atoms with E-state index in [0.29, 0.717) is 12.5 Å². The molecule has 27 heavy (non-hydrogen) atoms. The molecule has 1 fully saturated rings. The van der Waals surface area contributed by atoms with Crippen LogP contribution < -0.4 is 21.1 Å². The number of rotatable bonds is 9. The number of amides is 1. The lowest BCUT2D eigenvalue weighted by molar-refractivity contribution is -0.384. The van der Waals surface area contributed by atoms with Crippen LogP contribution in [0.25, 0.3) is 0 Å². The molecule has 1 aliphatic heterocycles. The summed E-state index contributed by atoms with van der Waals surface area (Å²) in [4.78, 5) is 21.9. The highest BCUT2D eigenvalue weighted by Crippen LogP contribution is 2.27. The van der Waals surface area contributed by atoms with Gasteiger partial charge in [0.05, 0.1) is 9.82 Å². The van der Waals surface area contributed by atoms with Gasteiger partial charge in [-0.3, -0.25) is 14.9 Å². The van der Waals surface area contributed by atoms with E-state index in [4.69, 9.17) is 5.14 Å². The number of hydrogen-bond acceptors (Lipinski definition) is 7. The highest BCUT2D eigenvalue weighted by Gasteiger charge is 2.19. The summed E-state index contributed by atoms with van der Waals surface area (Å²) in [6.45, 7) is 2.79. The summed E-state index contributed by atoms with van der Waals surface area (Å²) in [5.41, 5.74) is -0.280. The molecule has 0 spiro atoms. The molecule has 152 valence electrons. The Hall–Kier alpha value is -1.95. The van der Waals surface area contributed by atoms with Crippen molar-refractivity contribution in [2.75, 3.05) is 31.5 Å². The Morgan fingerprint density at radius 3 is 2.70 bits per heavy atom. The van der Waals surface area contributed by atoms with E-state index < -0.39 is 20.6 Å². The van der Waals surface area contributed by atoms with Gasteiger partial charge in [-0.05, 0) is 44.0 Å². The molecule has 1 aromatic carbocycles. The van der Waals surface area contributed by atoms with Crippen molar-refractivity contribution in [1.29, 1.82) is 0 Å². The molecule has 0 radical (unpaired) electrons. The number of nitrogens with one attached hydrogen (secondary N) is 3. The third-order valence-corrected chi connectivity index (χ3v) is 5.11. The Labute approximate surface area is 163 Å². The van der Waals surface area contributed by atoms with Crippen LogP contribution in [0.1, 0.15) is 19.3 Å². The van der Waals surface area contributed by atoms with Crippen molar-refractivity contribution in [3.63, 3.8) is 0 Å². The van der Waals surface area contributed by atoms with Crippen LogP contribution in [0.4, 0.5) is 11.4 Å². The molecule has 0 aliphatic carbocycles. The quantitative estimate of drug-likeness (QED) is 0.335. The van der Waals surface area contributed by atoms with Gasteiger partial charge in [0.15, 0.2) is 0 Å². The number of nitrogens with zero attached hydrogens (tertiary/aromatic N) is 1. The normalized spacial score (nSPS) is 16.4. The van der Waals surface area contributed by atoms with Crippen molar-refractivity contribution in [3.8, 4) is 0 Å². The van der Waals surface area contributed by atoms with Crippen molar-refractivity contribution in [3.05, 3.63) is 28.3 Å². The molecule has 1 aromatic rings. The third-order valence-electron chi connectivity index (χ3n) is 4.20. The van der Waals surface area contributed by atoms with Gasteiger partial charge in [-0.1, -0.05) is 0 Å². The minimum Gasteiger partial charge on any atom is -0.379 e. The smallest absolute Gasteiger partial charge is 0.293 e. The summed E-state index contributed by atoms with van der Waals surface area (Å²) in [5.74, 6) is 0.445. The topological polar surface area (TPSA) is 156 Å². The van der Waals surface area contributed by atoms with Crippen LogP contribution in [0.5, 0.6) is 0 Å². The van der Waals surface area contributed by atoms with E-state index in [1.807, 2.05) is 0 Å². The van der Waals surface area contributed by atoms with E-state index in [9.17, 15) is 23.3 Å². The molecule has 1 saturated heterocycles. The summed E-state index contributed by atoms with van der Waals surface area (Å²) in [6, 6.07) is 3.34. The molecule has 0 bridgehead atoms. The number of nitrogens with two attached hydrogens (primary N) is 1. The van der Waals surface area contributed by atoms with Crippen LogP contribution in [0.3, 0.4) is 0 Å². The molecule has 1 amide bonds. The fourth-order valence-electron chi connectivity index (χ4n) is 2.76. The largest absolute Gasteiger partial charge is 0.379 e. The van der Waals surface area contributed by atoms with Crippen LogP contribution in [0.15, 0.2) is 23.1 Å². The SMILES string of the molecule is Cl.NS(=O)(=O)c1ccc(NCCC(=O)NCCC2CCNC2)c([N+](=O)[O-])c1. The minimum atomic E-state index is -4.03. The number of anilines is 1. The van der Waals surface area contributed by atoms with E-state index in [1.165, 1.54) is 12.1 Å². The number of nitro groups is 1. The Morgan fingerprint density at radius 2 is 2.11 bits per heavy atom. The van der Waals surface area contributed by atoms with Gasteiger partial charge in [0, 0.05) is 25.6 Å². The summed E-state index contributed by atoms with van der Waals surface area (Å²) in [5, 5.41) is 25.0. The molecular weight excluding hydrogens is 398 g/mol. The second-order valence-electron chi connectivity index (χ2n) is 6.16. The maximum Gasteiger partial charge on any atom is 0.293 e. The van der Waals surface area contributed by atoms with Gasteiger partial charge in [-0.2, -0.15) is 0 Å². The molecule has 2 rings (SSSR count). The zero-order valence-electron chi connectivity index (χ0n) is 14.6. The predicted molar refractivity (Wildman–Crippen MR) is 103 cm³/mol. The van der Waals surface area contributed by atoms with Crippen molar-refractivity contribution in [2.45, 2.75) is 24.2 Å². The first-order valence-electron chi connectivity index (χ1n) is 8.30. The number of primary sulfonamides is 1. The summed E-state index contributed by atoms with van der Waals surface area (Å²) in [6.07, 6.45) is 2.19. The Balaban J connectivity index is 0.00000364. The second-order valence-corrected chi connectivity index (χ2v) is 7.72. The standard InChI is InChI=1S/C15H23N5O5S.ClH/c16-26(24,25)12-1-2-13(14(9-12)20(22)23)18-8-5-15(21)19-7-4-11-3-6-17-10-11;/h1-2,9,11,17-18H,3-8,10H2,(H,19,21)(H2,16,24,25);1H. The molecule has 1 atom stereocenters. The lowest BCUT2D eigenvalue weighted by atomic mass is 10.1. The lowest BCUT2D eigenvalue weighted by Crippen LogP contribution is -2.28. The highest BCUT2D eigenvalue weighted by molar-refractivity contribution is 7.89. The summed E-state index contributed by atoms with van der Waals surface area (Å²) < 4.78 is 22.6. The van der Waals surface area contributed by atoms with E-state index in [2.05, 4.69) is 16.0 Å². The molecule has 12 heteroatoms. The van der Waals surface area contributed by atoms with E-state index >= 15 is 0 Å². The van der Waals surface area contributed by atoms with Gasteiger partial charge in [0.2, 0.25) is 15.9 Å². The fraction of sp³-hybridized carbons (Fsp3) is 0.533. The Bertz CT molecular complexity index is 768. The Kier molecular flexibility index (Phi) is 8.89. The van der Waals surface area contributed by atoms with Gasteiger partial charge >= 0.3 is 0 Å². The van der Waals surface area contributed by atoms with E-state index in [0.717, 1.165) is 32.0 Å². The molecule has 1 unspecified atom stereocenters. The Morgan fingerprint density at radius 1 is 1.37 bits per heavy atom. The third kappa shape index (κ3) is 7.29. The predicted octanol–water partition coefficient (Wildman–Crippen LogP) is 0.582. The number of carbonyl (C=O) groups is 1. The van der Waals surface area contributed by atoms with Crippen LogP contribution in [-0.2, 0) is 14.8 Å². The van der Waals surface area contributed by atoms with Gasteiger partial charge < -0.3 is 16.0 Å². The zero-order chi connectivity index (χ0) is 19.2. The average Bonchev–Trinajstić information content (AvgIpc) is 3.07. The number of sulfonamides is 1. The van der Waals surface area contributed by atoms with Crippen molar-refractivity contribution < 1.29 is 18.1 Å². The van der Waals surface area contributed by atoms with Crippen molar-refractivity contribution in [1.82, 2.24) is 10.6 Å². The second kappa shape index (κ2) is 10.4. The van der Waals surface area contributed by atoms with Gasteiger partial charge in [0.25, 0.3) is 5.69 Å². The summed E-state index contributed by atoms with van der Waals surface area (Å²) >= 11 is 0. The average molecular weight is 422 g/mol. The number of carbonyl (C=O) groups excluding carboxylic acids is 1. The summed E-state index contributed by atoms with van der Waals surface area (Å²) in [7, 11) is -4.03. The maximum absolute atomic E-state index is 11.8. The van der Waals surface area contributed by atoms with E-state index in [1.54, 1.807) is 0 Å². The van der Waals surface area contributed by atoms with Gasteiger partial charge in [-0.25, -0.2) is 13.6 Å². The fourth-order valence-corrected chi connectivity index (χ4v) is 3.30. The van der Waals surface area contributed by atoms with Crippen LogP contribution >= 0.6 is 12.4 Å². The maximum atomic E-state index is 11.8. The molecule has 1 aliphatic rings. The molecule has 1 heterocycles. The van der Waals surface area contributed by atoms with E-state index in [-0.39, 0.29) is 41.9 Å². The first-order chi connectivity index (χ1) is 12.3. The van der Waals surface area contributed by atoms with Crippen molar-refractivity contribution >= 4 is 39.7 Å². The number of benzene rings is 1. The number of nitro benzene ring substituents is 1. The molecule has 10 nitrogen and oxygen atoms in total. The number of hydrogen-bond donors (Lipinski definition) is 4. The molecular formula is C15H24ClN5O5S. The molecule has 0 saturated carbocycles. The van der Waals surface area contributed by atoms with Crippen LogP contribution in [0, 0.1) is 16.0 Å². The van der Waals surface area contributed by atoms with Gasteiger partial charge in [0.1, 0.15) is 5.69 Å².